The number of nitrogens with zero attached hydrogens (tertiary/aromatic N) is 2. The Bertz CT molecular complexity index is 486. The fraction of sp³-hybridized carbons (Fsp3) is 0.200. The summed E-state index contributed by atoms with van der Waals surface area (Å²) in [6, 6.07) is 7.83. The molecule has 78 valence electrons. The summed E-state index contributed by atoms with van der Waals surface area (Å²) in [4.78, 5) is 0. The summed E-state index contributed by atoms with van der Waals surface area (Å²) < 4.78 is 2.56. The van der Waals surface area contributed by atoms with Gasteiger partial charge in [-0.1, -0.05) is 23.7 Å². The van der Waals surface area contributed by atoms with Crippen molar-refractivity contribution in [2.24, 2.45) is 0 Å². The van der Waals surface area contributed by atoms with Gasteiger partial charge in [-0.15, -0.1) is 0 Å². The van der Waals surface area contributed by atoms with E-state index in [1.807, 2.05) is 28.8 Å². The van der Waals surface area contributed by atoms with Gasteiger partial charge in [0.15, 0.2) is 4.77 Å². The summed E-state index contributed by atoms with van der Waals surface area (Å²) in [5.74, 6) is 0. The number of H-pyrrole nitrogens is 1. The zero-order valence-electron chi connectivity index (χ0n) is 7.98. The molecule has 1 aromatic carbocycles. The molecule has 0 saturated heterocycles. The number of halogens is 1. The van der Waals surface area contributed by atoms with Crippen LogP contribution in [-0.2, 0) is 13.0 Å². The van der Waals surface area contributed by atoms with Crippen LogP contribution in [0.2, 0.25) is 5.02 Å². The Balaban J connectivity index is 2.02. The predicted molar refractivity (Wildman–Crippen MR) is 62.6 cm³/mol. The summed E-state index contributed by atoms with van der Waals surface area (Å²) in [5.41, 5.74) is 1.24. The summed E-state index contributed by atoms with van der Waals surface area (Å²) >= 11 is 10.8. The number of rotatable bonds is 3. The Morgan fingerprint density at radius 1 is 1.33 bits per heavy atom. The molecule has 3 nitrogen and oxygen atoms in total. The average Bonchev–Trinajstić information content (AvgIpc) is 2.63. The lowest BCUT2D eigenvalue weighted by molar-refractivity contribution is 0.685. The lowest BCUT2D eigenvalue weighted by Gasteiger charge is -2.01. The molecule has 0 unspecified atom stereocenters. The molecule has 0 fully saturated rings. The first kappa shape index (κ1) is 10.4. The van der Waals surface area contributed by atoms with Crippen molar-refractivity contribution >= 4 is 23.8 Å². The smallest absolute Gasteiger partial charge is 0.194 e. The Hall–Kier alpha value is -1.13. The van der Waals surface area contributed by atoms with E-state index < -0.39 is 0 Å². The SMILES string of the molecule is S=c1[nH]ncn1CCc1ccc(Cl)cc1. The maximum atomic E-state index is 5.80. The van der Waals surface area contributed by atoms with E-state index in [-0.39, 0.29) is 0 Å². The van der Waals surface area contributed by atoms with Crippen LogP contribution in [-0.4, -0.2) is 14.8 Å². The van der Waals surface area contributed by atoms with Gasteiger partial charge in [0.05, 0.1) is 0 Å². The van der Waals surface area contributed by atoms with Crippen molar-refractivity contribution in [3.05, 3.63) is 45.9 Å². The lowest BCUT2D eigenvalue weighted by atomic mass is 10.1. The molecule has 5 heteroatoms. The largest absolute Gasteiger partial charge is 0.306 e. The lowest BCUT2D eigenvalue weighted by Crippen LogP contribution is -1.99. The maximum Gasteiger partial charge on any atom is 0.194 e. The maximum absolute atomic E-state index is 5.80. The zero-order chi connectivity index (χ0) is 10.7. The van der Waals surface area contributed by atoms with Crippen LogP contribution in [0.1, 0.15) is 5.56 Å². The highest BCUT2D eigenvalue weighted by molar-refractivity contribution is 7.71. The van der Waals surface area contributed by atoms with Gasteiger partial charge in [-0.25, -0.2) is 0 Å². The van der Waals surface area contributed by atoms with E-state index in [0.717, 1.165) is 18.0 Å². The third-order valence-corrected chi connectivity index (χ3v) is 2.75. The molecule has 0 spiro atoms. The topological polar surface area (TPSA) is 33.6 Å². The monoisotopic (exact) mass is 239 g/mol. The van der Waals surface area contributed by atoms with E-state index in [2.05, 4.69) is 10.2 Å². The Morgan fingerprint density at radius 3 is 2.67 bits per heavy atom. The van der Waals surface area contributed by atoms with Crippen molar-refractivity contribution in [2.45, 2.75) is 13.0 Å². The number of nitrogens with one attached hydrogen (secondary N) is 1. The third-order valence-electron chi connectivity index (χ3n) is 2.17. The van der Waals surface area contributed by atoms with Crippen LogP contribution in [0.5, 0.6) is 0 Å². The molecule has 15 heavy (non-hydrogen) atoms. The van der Waals surface area contributed by atoms with Crippen LogP contribution in [0, 0.1) is 4.77 Å². The number of hydrogen-bond donors (Lipinski definition) is 1. The molecule has 0 bridgehead atoms. The number of aryl methyl sites for hydroxylation is 2. The van der Waals surface area contributed by atoms with Crippen molar-refractivity contribution in [1.29, 1.82) is 0 Å². The van der Waals surface area contributed by atoms with E-state index >= 15 is 0 Å². The van der Waals surface area contributed by atoms with Crippen LogP contribution in [0.4, 0.5) is 0 Å². The van der Waals surface area contributed by atoms with Gasteiger partial charge >= 0.3 is 0 Å². The number of aromatic nitrogens is 3. The first-order valence-corrected chi connectivity index (χ1v) is 5.38. The zero-order valence-corrected chi connectivity index (χ0v) is 9.55. The second-order valence-corrected chi connectivity index (χ2v) is 4.05. The van der Waals surface area contributed by atoms with Crippen LogP contribution in [0.15, 0.2) is 30.6 Å². The second kappa shape index (κ2) is 4.59. The van der Waals surface area contributed by atoms with Crippen molar-refractivity contribution in [3.8, 4) is 0 Å². The molecule has 2 rings (SSSR count). The first-order valence-electron chi connectivity index (χ1n) is 4.60. The minimum atomic E-state index is 0.656. The highest BCUT2D eigenvalue weighted by atomic mass is 35.5. The fourth-order valence-corrected chi connectivity index (χ4v) is 1.65. The average molecular weight is 240 g/mol. The minimum Gasteiger partial charge on any atom is -0.306 e. The van der Waals surface area contributed by atoms with Crippen LogP contribution in [0.3, 0.4) is 0 Å². The van der Waals surface area contributed by atoms with Crippen LogP contribution < -0.4 is 0 Å². The molecule has 0 amide bonds. The summed E-state index contributed by atoms with van der Waals surface area (Å²) in [6.07, 6.45) is 2.63. The third kappa shape index (κ3) is 2.67. The van der Waals surface area contributed by atoms with E-state index in [1.54, 1.807) is 6.33 Å². The van der Waals surface area contributed by atoms with Gasteiger partial charge < -0.3 is 4.57 Å². The molecule has 0 aliphatic heterocycles. The van der Waals surface area contributed by atoms with Crippen molar-refractivity contribution in [2.75, 3.05) is 0 Å². The van der Waals surface area contributed by atoms with E-state index in [1.165, 1.54) is 5.56 Å². The van der Waals surface area contributed by atoms with Crippen molar-refractivity contribution in [3.63, 3.8) is 0 Å². The summed E-state index contributed by atoms with van der Waals surface area (Å²) in [7, 11) is 0. The van der Waals surface area contributed by atoms with Gasteiger partial charge in [-0.05, 0) is 36.3 Å². The minimum absolute atomic E-state index is 0.656. The van der Waals surface area contributed by atoms with E-state index in [9.17, 15) is 0 Å². The van der Waals surface area contributed by atoms with Crippen molar-refractivity contribution in [1.82, 2.24) is 14.8 Å². The number of benzene rings is 1. The molecule has 0 atom stereocenters. The highest BCUT2D eigenvalue weighted by Crippen LogP contribution is 2.10. The molecule has 0 aliphatic carbocycles. The fourth-order valence-electron chi connectivity index (χ4n) is 1.33. The molecule has 2 aromatic rings. The first-order chi connectivity index (χ1) is 7.25. The van der Waals surface area contributed by atoms with Gasteiger partial charge in [0.2, 0.25) is 0 Å². The Kier molecular flexibility index (Phi) is 3.18. The molecule has 0 aliphatic rings. The number of hydrogen-bond acceptors (Lipinski definition) is 2. The van der Waals surface area contributed by atoms with E-state index in [4.69, 9.17) is 23.8 Å². The van der Waals surface area contributed by atoms with Crippen molar-refractivity contribution < 1.29 is 0 Å². The molecular weight excluding hydrogens is 230 g/mol. The quantitative estimate of drug-likeness (QED) is 0.836. The van der Waals surface area contributed by atoms with Crippen LogP contribution in [0.25, 0.3) is 0 Å². The highest BCUT2D eigenvalue weighted by Gasteiger charge is 1.96. The van der Waals surface area contributed by atoms with Gasteiger partial charge in [-0.3, -0.25) is 5.10 Å². The standard InChI is InChI=1S/C10H10ClN3S/c11-9-3-1-8(2-4-9)5-6-14-7-12-13-10(14)15/h1-4,7H,5-6H2,(H,13,15). The molecule has 0 radical (unpaired) electrons. The van der Waals surface area contributed by atoms with Gasteiger partial charge in [0, 0.05) is 11.6 Å². The van der Waals surface area contributed by atoms with Gasteiger partial charge in [0.25, 0.3) is 0 Å². The Morgan fingerprint density at radius 2 is 2.07 bits per heavy atom. The van der Waals surface area contributed by atoms with Gasteiger partial charge in [0.1, 0.15) is 6.33 Å². The number of aromatic amines is 1. The Labute approximate surface area is 97.7 Å². The van der Waals surface area contributed by atoms with Crippen LogP contribution >= 0.6 is 23.8 Å². The molecular formula is C10H10ClN3S. The molecule has 1 aromatic heterocycles. The summed E-state index contributed by atoms with van der Waals surface area (Å²) in [6.45, 7) is 0.830. The second-order valence-electron chi connectivity index (χ2n) is 3.23. The van der Waals surface area contributed by atoms with E-state index in [0.29, 0.717) is 4.77 Å². The molecule has 1 N–H and O–H groups in total. The normalized spacial score (nSPS) is 10.5. The molecule has 1 heterocycles. The van der Waals surface area contributed by atoms with Gasteiger partial charge in [-0.2, -0.15) is 5.10 Å². The molecule has 0 saturated carbocycles. The predicted octanol–water partition coefficient (Wildman–Crippen LogP) is 2.84. The summed E-state index contributed by atoms with van der Waals surface area (Å²) in [5, 5.41) is 7.34.